The summed E-state index contributed by atoms with van der Waals surface area (Å²) in [7, 11) is 0. The zero-order chi connectivity index (χ0) is 44.2. The van der Waals surface area contributed by atoms with Crippen LogP contribution in [0.25, 0.3) is 32.9 Å². The van der Waals surface area contributed by atoms with Crippen molar-refractivity contribution in [3.8, 4) is 17.2 Å². The molecule has 0 spiro atoms. The monoisotopic (exact) mass is 937 g/mol. The molecule has 7 aromatic rings. The van der Waals surface area contributed by atoms with Crippen molar-refractivity contribution >= 4 is 56.5 Å². The van der Waals surface area contributed by atoms with Crippen LogP contribution in [0, 0.1) is 30.7 Å². The quantitative estimate of drug-likeness (QED) is 0.150. The fourth-order valence-corrected chi connectivity index (χ4v) is 7.21. The van der Waals surface area contributed by atoms with E-state index in [1.165, 1.54) is 54.8 Å². The van der Waals surface area contributed by atoms with Gasteiger partial charge in [0.2, 0.25) is 0 Å². The average Bonchev–Trinajstić information content (AvgIpc) is 3.95. The smallest absolute Gasteiger partial charge is 0.657 e. The first kappa shape index (κ1) is 32.3. The van der Waals surface area contributed by atoms with Gasteiger partial charge in [-0.2, -0.15) is 5.26 Å². The number of anilines is 6. The van der Waals surface area contributed by atoms with Crippen molar-refractivity contribution in [3.05, 3.63) is 133 Å². The van der Waals surface area contributed by atoms with E-state index in [-0.39, 0.29) is 44.5 Å². The van der Waals surface area contributed by atoms with E-state index in [9.17, 15) is 0 Å². The van der Waals surface area contributed by atoms with Crippen molar-refractivity contribution in [2.45, 2.75) is 59.3 Å². The van der Waals surface area contributed by atoms with Gasteiger partial charge in [0, 0.05) is 33.0 Å². The number of benzene rings is 4. The number of hydrogen-bond acceptors (Lipinski definition) is 9. The van der Waals surface area contributed by atoms with Crippen LogP contribution in [-0.2, 0) is 21.1 Å². The molecule has 11 heteroatoms. The topological polar surface area (TPSA) is 102 Å². The molecule has 5 heterocycles. The Kier molecular flexibility index (Phi) is 9.07. The fourth-order valence-electron chi connectivity index (χ4n) is 7.21. The van der Waals surface area contributed by atoms with E-state index in [0.717, 1.165) is 42.7 Å². The number of nitrogens with zero attached hydrogens (tertiary/aromatic N) is 10. The van der Waals surface area contributed by atoms with Crippen LogP contribution in [0.2, 0.25) is 0 Å². The van der Waals surface area contributed by atoms with Crippen molar-refractivity contribution in [1.29, 1.82) is 5.26 Å². The molecule has 0 radical (unpaired) electrons. The molecule has 0 amide bonds. The minimum Gasteiger partial charge on any atom is -0.657 e. The standard InChI is InChI=1S/C33H37N8.C13H7N2.Pt/c1-20(2)23-15-27(21(3)4)29(28(16-23)22(5)6)24-13-25(40-18-38(7)30-32(40)36-11-9-34-30)17-26(14-24)41-19-39(8)31-33(41)37-12-10-35-31;14-8-9-5-6-13-11(7-9)10-3-1-2-4-12(10)15-13;/h9-16,18-22H,1-8H3;1-7H;/q-3;-1;+4/i7D3,8D3;;. The Morgan fingerprint density at radius 1 is 0.667 bits per heavy atom. The van der Waals surface area contributed by atoms with Crippen LogP contribution in [0.5, 0.6) is 0 Å². The van der Waals surface area contributed by atoms with Gasteiger partial charge in [0.1, 0.15) is 23.3 Å². The second-order valence-electron chi connectivity index (χ2n) is 14.8. The van der Waals surface area contributed by atoms with Crippen LogP contribution >= 0.6 is 0 Å². The summed E-state index contributed by atoms with van der Waals surface area (Å²) in [6, 6.07) is 27.6. The first-order valence-electron chi connectivity index (χ1n) is 21.5. The van der Waals surface area contributed by atoms with E-state index >= 15 is 0 Å². The Morgan fingerprint density at radius 2 is 1.19 bits per heavy atom. The summed E-state index contributed by atoms with van der Waals surface area (Å²) in [6.45, 7) is 11.0. The SMILES string of the molecule is N#Cc1ccc2[n-]c3ccccc3c2c1.[2H]C([2H])([2H])N1[CH-]N(c2[c-]c(N3[CH-]N(C([2H])([2H])[2H])c4nccnc43)cc(-c3c(C(C)C)cc(C(C)C)cc3C(C)C)c2)c2nccnc21.[Pt+4]. The zero-order valence-electron chi connectivity index (χ0n) is 38.3. The van der Waals surface area contributed by atoms with Crippen LogP contribution in [-0.4, -0.2) is 33.9 Å². The molecule has 0 fully saturated rings. The van der Waals surface area contributed by atoms with Crippen molar-refractivity contribution in [2.75, 3.05) is 33.6 Å². The number of para-hydroxylation sites is 1. The molecular formula is C46H44N10Pt. The number of hydrogen-bond donors (Lipinski definition) is 0. The van der Waals surface area contributed by atoms with Crippen LogP contribution in [0.3, 0.4) is 0 Å². The zero-order valence-corrected chi connectivity index (χ0v) is 34.6. The molecule has 10 nitrogen and oxygen atoms in total. The molecule has 2 aliphatic heterocycles. The van der Waals surface area contributed by atoms with Gasteiger partial charge in [-0.25, -0.2) is 19.9 Å². The van der Waals surface area contributed by atoms with Gasteiger partial charge in [-0.05, 0) is 76.9 Å². The third-order valence-electron chi connectivity index (χ3n) is 10.0. The summed E-state index contributed by atoms with van der Waals surface area (Å²) in [5.74, 6) is 1.75. The van der Waals surface area contributed by atoms with Gasteiger partial charge in [0.05, 0.1) is 11.6 Å². The van der Waals surface area contributed by atoms with Crippen LogP contribution in [0.1, 0.15) is 89.8 Å². The number of fused-ring (bicyclic) bond motifs is 5. The maximum absolute atomic E-state index is 8.84. The predicted octanol–water partition coefficient (Wildman–Crippen LogP) is 10.3. The molecule has 9 rings (SSSR count). The molecule has 0 N–H and O–H groups in total. The molecule has 0 unspecified atom stereocenters. The molecule has 3 aromatic heterocycles. The van der Waals surface area contributed by atoms with E-state index in [1.807, 2.05) is 48.5 Å². The summed E-state index contributed by atoms with van der Waals surface area (Å²) >= 11 is 0. The van der Waals surface area contributed by atoms with E-state index in [2.05, 4.69) is 90.7 Å². The summed E-state index contributed by atoms with van der Waals surface area (Å²) < 4.78 is 49.0. The van der Waals surface area contributed by atoms with Crippen molar-refractivity contribution < 1.29 is 29.3 Å². The Hall–Kier alpha value is -5.78. The van der Waals surface area contributed by atoms with E-state index in [4.69, 9.17) is 13.5 Å². The van der Waals surface area contributed by atoms with Gasteiger partial charge in [0.25, 0.3) is 0 Å². The van der Waals surface area contributed by atoms with Gasteiger partial charge in [-0.1, -0.05) is 84.0 Å². The summed E-state index contributed by atoms with van der Waals surface area (Å²) in [5, 5.41) is 11.0. The summed E-state index contributed by atoms with van der Waals surface area (Å²) in [5.41, 5.74) is 9.13. The van der Waals surface area contributed by atoms with Crippen molar-refractivity contribution in [2.24, 2.45) is 0 Å². The summed E-state index contributed by atoms with van der Waals surface area (Å²) in [4.78, 5) is 27.7. The average molecular weight is 938 g/mol. The molecular weight excluding hydrogens is 888 g/mol. The maximum Gasteiger partial charge on any atom is 4.00 e. The third-order valence-corrected chi connectivity index (χ3v) is 10.0. The van der Waals surface area contributed by atoms with Crippen LogP contribution < -0.4 is 24.6 Å². The van der Waals surface area contributed by atoms with Gasteiger partial charge in [0.15, 0.2) is 0 Å². The predicted molar refractivity (Wildman–Crippen MR) is 226 cm³/mol. The van der Waals surface area contributed by atoms with E-state index in [0.29, 0.717) is 34.5 Å². The number of rotatable bonds is 6. The summed E-state index contributed by atoms with van der Waals surface area (Å²) in [6.07, 6.45) is 5.94. The maximum atomic E-state index is 8.84. The minimum absolute atomic E-state index is 0. The van der Waals surface area contributed by atoms with Gasteiger partial charge in [-0.15, -0.1) is 59.5 Å². The second-order valence-corrected chi connectivity index (χ2v) is 14.8. The fraction of sp³-hybridized carbons (Fsp3) is 0.239. The molecule has 2 aliphatic rings. The largest absolute Gasteiger partial charge is 4.00 e. The van der Waals surface area contributed by atoms with Gasteiger partial charge >= 0.3 is 21.1 Å². The molecule has 4 aromatic carbocycles. The first-order chi connectivity index (χ1) is 29.4. The van der Waals surface area contributed by atoms with Crippen LogP contribution in [0.4, 0.5) is 34.6 Å². The third kappa shape index (κ3) is 7.33. The number of aromatic nitrogens is 5. The van der Waals surface area contributed by atoms with E-state index < -0.39 is 14.0 Å². The molecule has 0 aliphatic carbocycles. The Morgan fingerprint density at radius 3 is 1.70 bits per heavy atom. The normalized spacial score (nSPS) is 15.3. The Balaban J connectivity index is 0.000000311. The Labute approximate surface area is 357 Å². The van der Waals surface area contributed by atoms with Crippen molar-refractivity contribution in [3.63, 3.8) is 0 Å². The van der Waals surface area contributed by atoms with Gasteiger partial charge < -0.3 is 24.6 Å². The molecule has 0 saturated heterocycles. The number of nitriles is 1. The van der Waals surface area contributed by atoms with Gasteiger partial charge in [-0.3, -0.25) is 0 Å². The molecule has 0 bridgehead atoms. The van der Waals surface area contributed by atoms with Crippen LogP contribution in [0.15, 0.2) is 91.5 Å². The first-order valence-corrected chi connectivity index (χ1v) is 18.5. The molecule has 288 valence electrons. The molecule has 0 atom stereocenters. The van der Waals surface area contributed by atoms with E-state index in [1.54, 1.807) is 15.9 Å². The van der Waals surface area contributed by atoms with Crippen molar-refractivity contribution in [1.82, 2.24) is 24.9 Å². The second kappa shape index (κ2) is 16.0. The minimum atomic E-state index is -2.51. The molecule has 57 heavy (non-hydrogen) atoms. The molecule has 0 saturated carbocycles. The Bertz CT molecular complexity index is 2730.